The van der Waals surface area contributed by atoms with Crippen LogP contribution in [0, 0.1) is 6.92 Å². The average molecular weight is 494 g/mol. The molecule has 0 bridgehead atoms. The fourth-order valence-corrected chi connectivity index (χ4v) is 6.52. The second-order valence-corrected chi connectivity index (χ2v) is 11.7. The fraction of sp³-hybridized carbons (Fsp3) is 0.381. The number of ether oxygens (including phenoxy) is 1. The molecule has 0 radical (unpaired) electrons. The number of aromatic nitrogens is 2. The third kappa shape index (κ3) is 6.11. The first-order chi connectivity index (χ1) is 15.4. The van der Waals surface area contributed by atoms with Crippen molar-refractivity contribution in [3.63, 3.8) is 0 Å². The molecule has 170 valence electrons. The third-order valence-electron chi connectivity index (χ3n) is 5.00. The standard InChI is InChI=1S/C21H23N3O5S3/c1-15-4-2-5-17(10-15)28-12-19-22-23-21(29-19)31-13-20(25)24(11-18-6-3-8-30-18)16-7-9-32(26,27)14-16/h2-6,8,10,16H,7,9,11-14H2,1H3. The molecule has 1 atom stereocenters. The molecule has 1 unspecified atom stereocenters. The molecular weight excluding hydrogens is 470 g/mol. The Hall–Kier alpha value is -2.37. The first-order valence-corrected chi connectivity index (χ1v) is 13.7. The van der Waals surface area contributed by atoms with Gasteiger partial charge in [-0.15, -0.1) is 21.5 Å². The summed E-state index contributed by atoms with van der Waals surface area (Å²) in [5, 5.41) is 10.2. The van der Waals surface area contributed by atoms with Gasteiger partial charge in [-0.05, 0) is 42.5 Å². The Labute approximate surface area is 194 Å². The molecule has 1 aromatic carbocycles. The van der Waals surface area contributed by atoms with Crippen molar-refractivity contribution in [2.45, 2.75) is 37.8 Å². The monoisotopic (exact) mass is 493 g/mol. The van der Waals surface area contributed by atoms with E-state index in [0.717, 1.165) is 22.2 Å². The molecule has 3 heterocycles. The predicted octanol–water partition coefficient (Wildman–Crippen LogP) is 3.33. The molecule has 11 heteroatoms. The molecule has 2 aromatic heterocycles. The Morgan fingerprint density at radius 1 is 1.31 bits per heavy atom. The number of benzene rings is 1. The number of hydrogen-bond donors (Lipinski definition) is 0. The number of carbonyl (C=O) groups excluding carboxylic acids is 1. The van der Waals surface area contributed by atoms with Crippen molar-refractivity contribution in [2.75, 3.05) is 17.3 Å². The van der Waals surface area contributed by atoms with E-state index in [9.17, 15) is 13.2 Å². The highest BCUT2D eigenvalue weighted by atomic mass is 32.2. The maximum Gasteiger partial charge on any atom is 0.277 e. The molecule has 1 fully saturated rings. The van der Waals surface area contributed by atoms with Gasteiger partial charge in [0.2, 0.25) is 5.91 Å². The van der Waals surface area contributed by atoms with Gasteiger partial charge in [0, 0.05) is 10.9 Å². The number of sulfone groups is 1. The number of thioether (sulfide) groups is 1. The van der Waals surface area contributed by atoms with Crippen molar-refractivity contribution < 1.29 is 22.4 Å². The first-order valence-electron chi connectivity index (χ1n) is 10.0. The number of thiophene rings is 1. The lowest BCUT2D eigenvalue weighted by Crippen LogP contribution is -2.41. The number of nitrogens with zero attached hydrogens (tertiary/aromatic N) is 3. The summed E-state index contributed by atoms with van der Waals surface area (Å²) in [7, 11) is -3.10. The lowest BCUT2D eigenvalue weighted by atomic mass is 10.2. The number of aryl methyl sites for hydroxylation is 1. The van der Waals surface area contributed by atoms with E-state index in [1.54, 1.807) is 16.2 Å². The molecule has 0 aliphatic carbocycles. The van der Waals surface area contributed by atoms with Gasteiger partial charge >= 0.3 is 0 Å². The number of carbonyl (C=O) groups is 1. The number of rotatable bonds is 9. The molecular formula is C21H23N3O5S3. The lowest BCUT2D eigenvalue weighted by Gasteiger charge is -2.27. The minimum atomic E-state index is -3.10. The maximum atomic E-state index is 13.0. The highest BCUT2D eigenvalue weighted by molar-refractivity contribution is 7.99. The quantitative estimate of drug-likeness (QED) is 0.418. The van der Waals surface area contributed by atoms with Gasteiger partial charge in [-0.1, -0.05) is 30.0 Å². The molecule has 0 spiro atoms. The summed E-state index contributed by atoms with van der Waals surface area (Å²) in [4.78, 5) is 15.7. The Balaban J connectivity index is 1.34. The summed E-state index contributed by atoms with van der Waals surface area (Å²) in [5.41, 5.74) is 1.09. The Bertz CT molecular complexity index is 1160. The van der Waals surface area contributed by atoms with Crippen molar-refractivity contribution in [2.24, 2.45) is 0 Å². The summed E-state index contributed by atoms with van der Waals surface area (Å²) in [6, 6.07) is 11.2. The Morgan fingerprint density at radius 2 is 2.19 bits per heavy atom. The minimum Gasteiger partial charge on any atom is -0.484 e. The zero-order valence-electron chi connectivity index (χ0n) is 17.5. The molecule has 1 aliphatic heterocycles. The molecule has 8 nitrogen and oxygen atoms in total. The molecule has 1 aliphatic rings. The topological polar surface area (TPSA) is 103 Å². The lowest BCUT2D eigenvalue weighted by molar-refractivity contribution is -0.130. The molecule has 32 heavy (non-hydrogen) atoms. The van der Waals surface area contributed by atoms with Crippen LogP contribution in [0.2, 0.25) is 0 Å². The first kappa shape index (κ1) is 22.8. The Morgan fingerprint density at radius 3 is 2.91 bits per heavy atom. The zero-order valence-corrected chi connectivity index (χ0v) is 19.9. The van der Waals surface area contributed by atoms with E-state index in [1.807, 2.05) is 48.7 Å². The van der Waals surface area contributed by atoms with Crippen LogP contribution < -0.4 is 4.74 Å². The summed E-state index contributed by atoms with van der Waals surface area (Å²) in [6.07, 6.45) is 0.463. The van der Waals surface area contributed by atoms with Crippen molar-refractivity contribution in [1.82, 2.24) is 15.1 Å². The SMILES string of the molecule is Cc1cccc(OCc2nnc(SCC(=O)N(Cc3cccs3)C3CCS(=O)(=O)C3)o2)c1. The zero-order chi connectivity index (χ0) is 22.6. The van der Waals surface area contributed by atoms with Crippen LogP contribution in [0.4, 0.5) is 0 Å². The van der Waals surface area contributed by atoms with Crippen molar-refractivity contribution >= 4 is 38.8 Å². The van der Waals surface area contributed by atoms with Crippen LogP contribution in [0.5, 0.6) is 5.75 Å². The van der Waals surface area contributed by atoms with E-state index in [0.29, 0.717) is 24.6 Å². The molecule has 4 rings (SSSR count). The van der Waals surface area contributed by atoms with Crippen LogP contribution in [-0.2, 0) is 27.8 Å². The predicted molar refractivity (Wildman–Crippen MR) is 122 cm³/mol. The van der Waals surface area contributed by atoms with Crippen LogP contribution in [0.15, 0.2) is 51.4 Å². The summed E-state index contributed by atoms with van der Waals surface area (Å²) in [6.45, 7) is 2.51. The summed E-state index contributed by atoms with van der Waals surface area (Å²) < 4.78 is 35.1. The normalized spacial score (nSPS) is 17.3. The van der Waals surface area contributed by atoms with Crippen LogP contribution >= 0.6 is 23.1 Å². The van der Waals surface area contributed by atoms with E-state index >= 15 is 0 Å². The van der Waals surface area contributed by atoms with Crippen LogP contribution in [0.25, 0.3) is 0 Å². The summed E-state index contributed by atoms with van der Waals surface area (Å²) in [5.74, 6) is 1.09. The molecule has 1 saturated heterocycles. The second kappa shape index (κ2) is 10.1. The van der Waals surface area contributed by atoms with Gasteiger partial charge in [0.25, 0.3) is 11.1 Å². The van der Waals surface area contributed by atoms with Crippen molar-refractivity contribution in [3.05, 3.63) is 58.1 Å². The maximum absolute atomic E-state index is 13.0. The van der Waals surface area contributed by atoms with Gasteiger partial charge in [0.1, 0.15) is 5.75 Å². The summed E-state index contributed by atoms with van der Waals surface area (Å²) >= 11 is 2.68. The molecule has 0 N–H and O–H groups in total. The average Bonchev–Trinajstić information content (AvgIpc) is 3.50. The van der Waals surface area contributed by atoms with Crippen LogP contribution in [-0.4, -0.2) is 52.7 Å². The van der Waals surface area contributed by atoms with Gasteiger partial charge in [-0.2, -0.15) is 0 Å². The van der Waals surface area contributed by atoms with E-state index in [-0.39, 0.29) is 41.0 Å². The largest absolute Gasteiger partial charge is 0.484 e. The van der Waals surface area contributed by atoms with E-state index < -0.39 is 9.84 Å². The highest BCUT2D eigenvalue weighted by Gasteiger charge is 2.34. The molecule has 0 saturated carbocycles. The second-order valence-electron chi connectivity index (χ2n) is 7.51. The molecule has 1 amide bonds. The van der Waals surface area contributed by atoms with Crippen molar-refractivity contribution in [1.29, 1.82) is 0 Å². The van der Waals surface area contributed by atoms with Gasteiger partial charge in [0.05, 0.1) is 23.8 Å². The Kier molecular flexibility index (Phi) is 7.17. The molecule has 3 aromatic rings. The minimum absolute atomic E-state index is 0.00971. The van der Waals surface area contributed by atoms with Crippen LogP contribution in [0.1, 0.15) is 22.8 Å². The number of amides is 1. The van der Waals surface area contributed by atoms with Crippen molar-refractivity contribution in [3.8, 4) is 5.75 Å². The van der Waals surface area contributed by atoms with Gasteiger partial charge in [-0.25, -0.2) is 8.42 Å². The number of hydrogen-bond acceptors (Lipinski definition) is 9. The van der Waals surface area contributed by atoms with E-state index in [1.165, 1.54) is 0 Å². The van der Waals surface area contributed by atoms with Gasteiger partial charge in [0.15, 0.2) is 16.4 Å². The third-order valence-corrected chi connectivity index (χ3v) is 8.41. The fourth-order valence-electron chi connectivity index (χ4n) is 3.42. The van der Waals surface area contributed by atoms with Crippen LogP contribution in [0.3, 0.4) is 0 Å². The van der Waals surface area contributed by atoms with Gasteiger partial charge in [-0.3, -0.25) is 4.79 Å². The van der Waals surface area contributed by atoms with Gasteiger partial charge < -0.3 is 14.1 Å². The van der Waals surface area contributed by atoms with E-state index in [4.69, 9.17) is 9.15 Å². The smallest absolute Gasteiger partial charge is 0.277 e. The highest BCUT2D eigenvalue weighted by Crippen LogP contribution is 2.24. The van der Waals surface area contributed by atoms with E-state index in [2.05, 4.69) is 10.2 Å².